The van der Waals surface area contributed by atoms with E-state index >= 15 is 0 Å². The normalized spacial score (nSPS) is 33.8. The molecule has 2 aliphatic rings. The fourth-order valence-corrected chi connectivity index (χ4v) is 2.87. The maximum atomic E-state index is 11.9. The Morgan fingerprint density at radius 2 is 2.21 bits per heavy atom. The summed E-state index contributed by atoms with van der Waals surface area (Å²) >= 11 is 6.17. The van der Waals surface area contributed by atoms with Gasteiger partial charge in [0.25, 0.3) is 0 Å². The summed E-state index contributed by atoms with van der Waals surface area (Å²) in [6.07, 6.45) is 1.81. The van der Waals surface area contributed by atoms with E-state index in [2.05, 4.69) is 5.32 Å². The van der Waals surface area contributed by atoms with Crippen LogP contribution in [0, 0.1) is 0 Å². The van der Waals surface area contributed by atoms with E-state index in [-0.39, 0.29) is 11.3 Å². The number of alkyl halides is 1. The van der Waals surface area contributed by atoms with E-state index in [9.17, 15) is 4.79 Å². The molecule has 0 radical (unpaired) electrons. The molecule has 2 atom stereocenters. The quantitative estimate of drug-likeness (QED) is 0.650. The lowest BCUT2D eigenvalue weighted by Gasteiger charge is -2.41. The number of nitrogens with one attached hydrogen (secondary N) is 1. The van der Waals surface area contributed by atoms with E-state index < -0.39 is 5.41 Å². The molecule has 72 valence electrons. The highest BCUT2D eigenvalue weighted by molar-refractivity contribution is 6.26. The molecule has 1 fully saturated rings. The number of rotatable bonds is 0. The first-order valence-electron chi connectivity index (χ1n) is 4.80. The minimum Gasteiger partial charge on any atom is -0.325 e. The largest absolute Gasteiger partial charge is 0.325 e. The Bertz CT molecular complexity index is 418. The van der Waals surface area contributed by atoms with Crippen LogP contribution in [0.2, 0.25) is 0 Å². The van der Waals surface area contributed by atoms with Crippen LogP contribution in [0.1, 0.15) is 18.4 Å². The van der Waals surface area contributed by atoms with Crippen LogP contribution in [-0.2, 0) is 10.2 Å². The number of amides is 1. The van der Waals surface area contributed by atoms with E-state index in [4.69, 9.17) is 11.6 Å². The van der Waals surface area contributed by atoms with Gasteiger partial charge in [-0.1, -0.05) is 18.2 Å². The molecule has 1 aromatic carbocycles. The molecule has 3 heteroatoms. The van der Waals surface area contributed by atoms with Gasteiger partial charge < -0.3 is 5.32 Å². The van der Waals surface area contributed by atoms with Crippen LogP contribution in [0.25, 0.3) is 0 Å². The van der Waals surface area contributed by atoms with Gasteiger partial charge in [0, 0.05) is 5.69 Å². The van der Waals surface area contributed by atoms with Gasteiger partial charge in [-0.3, -0.25) is 4.79 Å². The molecule has 1 amide bonds. The van der Waals surface area contributed by atoms with Crippen LogP contribution in [0.4, 0.5) is 5.69 Å². The van der Waals surface area contributed by atoms with E-state index in [1.54, 1.807) is 0 Å². The van der Waals surface area contributed by atoms with Crippen LogP contribution in [0.3, 0.4) is 0 Å². The van der Waals surface area contributed by atoms with Gasteiger partial charge in [-0.25, -0.2) is 0 Å². The van der Waals surface area contributed by atoms with Crippen molar-refractivity contribution >= 4 is 23.2 Å². The Balaban J connectivity index is 2.20. The summed E-state index contributed by atoms with van der Waals surface area (Å²) in [5.74, 6) is 0.0740. The molecule has 14 heavy (non-hydrogen) atoms. The average molecular weight is 208 g/mol. The number of carbonyl (C=O) groups is 1. The second-order valence-corrected chi connectivity index (χ2v) is 4.50. The minimum atomic E-state index is -0.419. The molecular formula is C11H10ClNO. The lowest BCUT2D eigenvalue weighted by atomic mass is 9.65. The molecular weight excluding hydrogens is 198 g/mol. The minimum absolute atomic E-state index is 0.0360. The molecule has 2 unspecified atom stereocenters. The van der Waals surface area contributed by atoms with Crippen molar-refractivity contribution in [3.63, 3.8) is 0 Å². The van der Waals surface area contributed by atoms with Crippen LogP contribution in [0.15, 0.2) is 24.3 Å². The first-order valence-corrected chi connectivity index (χ1v) is 5.24. The van der Waals surface area contributed by atoms with Crippen LogP contribution < -0.4 is 5.32 Å². The number of hydrogen-bond acceptors (Lipinski definition) is 1. The van der Waals surface area contributed by atoms with Gasteiger partial charge in [-0.15, -0.1) is 11.6 Å². The average Bonchev–Trinajstić information content (AvgIpc) is 2.49. The molecule has 1 aliphatic carbocycles. The summed E-state index contributed by atoms with van der Waals surface area (Å²) in [6.45, 7) is 0. The van der Waals surface area contributed by atoms with Gasteiger partial charge in [0.1, 0.15) is 0 Å². The maximum absolute atomic E-state index is 11.9. The van der Waals surface area contributed by atoms with Gasteiger partial charge in [-0.05, 0) is 24.5 Å². The Labute approximate surface area is 87.3 Å². The van der Waals surface area contributed by atoms with Gasteiger partial charge in [0.15, 0.2) is 0 Å². The van der Waals surface area contributed by atoms with Crippen molar-refractivity contribution < 1.29 is 4.79 Å². The third-order valence-corrected chi connectivity index (χ3v) is 3.98. The van der Waals surface area contributed by atoms with Gasteiger partial charge >= 0.3 is 0 Å². The van der Waals surface area contributed by atoms with Crippen molar-refractivity contribution in [2.75, 3.05) is 5.32 Å². The maximum Gasteiger partial charge on any atom is 0.236 e. The summed E-state index contributed by atoms with van der Waals surface area (Å²) in [5.41, 5.74) is 1.59. The van der Waals surface area contributed by atoms with Crippen molar-refractivity contribution in [2.24, 2.45) is 0 Å². The Hall–Kier alpha value is -1.02. The summed E-state index contributed by atoms with van der Waals surface area (Å²) in [7, 11) is 0. The van der Waals surface area contributed by atoms with E-state index in [1.165, 1.54) is 0 Å². The molecule has 0 saturated heterocycles. The zero-order valence-corrected chi connectivity index (χ0v) is 8.34. The van der Waals surface area contributed by atoms with Crippen LogP contribution >= 0.6 is 11.6 Å². The highest BCUT2D eigenvalue weighted by Gasteiger charge is 2.57. The smallest absolute Gasteiger partial charge is 0.236 e. The van der Waals surface area contributed by atoms with Crippen molar-refractivity contribution in [3.8, 4) is 0 Å². The number of carbonyl (C=O) groups excluding carboxylic acids is 1. The number of anilines is 1. The Morgan fingerprint density at radius 3 is 2.86 bits per heavy atom. The topological polar surface area (TPSA) is 29.1 Å². The monoisotopic (exact) mass is 207 g/mol. The van der Waals surface area contributed by atoms with Crippen molar-refractivity contribution in [2.45, 2.75) is 23.6 Å². The number of benzene rings is 1. The summed E-state index contributed by atoms with van der Waals surface area (Å²) in [4.78, 5) is 11.9. The molecule has 2 nitrogen and oxygen atoms in total. The van der Waals surface area contributed by atoms with E-state index in [1.807, 2.05) is 24.3 Å². The first kappa shape index (κ1) is 8.30. The Morgan fingerprint density at radius 1 is 1.43 bits per heavy atom. The lowest BCUT2D eigenvalue weighted by Crippen LogP contribution is -2.50. The number of para-hydroxylation sites is 1. The van der Waals surface area contributed by atoms with Gasteiger partial charge in [0.2, 0.25) is 5.91 Å². The zero-order valence-electron chi connectivity index (χ0n) is 7.59. The third kappa shape index (κ3) is 0.758. The molecule has 3 rings (SSSR count). The second kappa shape index (κ2) is 2.51. The number of halogens is 1. The molecule has 1 spiro atoms. The standard InChI is InChI=1S/C11H10ClNO/c12-9-5-6-11(9)7-3-1-2-4-8(7)13-10(11)14/h1-4,9H,5-6H2,(H,13,14). The highest BCUT2D eigenvalue weighted by atomic mass is 35.5. The molecule has 1 N–H and O–H groups in total. The predicted octanol–water partition coefficient (Wildman–Crippen LogP) is 2.28. The van der Waals surface area contributed by atoms with Gasteiger partial charge in [0.05, 0.1) is 10.8 Å². The molecule has 1 aliphatic heterocycles. The fourth-order valence-electron chi connectivity index (χ4n) is 2.44. The molecule has 1 aromatic rings. The van der Waals surface area contributed by atoms with E-state index in [0.717, 1.165) is 24.1 Å². The molecule has 1 heterocycles. The van der Waals surface area contributed by atoms with Crippen molar-refractivity contribution in [3.05, 3.63) is 29.8 Å². The SMILES string of the molecule is O=C1Nc2ccccc2C12CCC2Cl. The van der Waals surface area contributed by atoms with Crippen molar-refractivity contribution in [1.29, 1.82) is 0 Å². The lowest BCUT2D eigenvalue weighted by molar-refractivity contribution is -0.123. The van der Waals surface area contributed by atoms with Crippen LogP contribution in [-0.4, -0.2) is 11.3 Å². The fraction of sp³-hybridized carbons (Fsp3) is 0.364. The highest BCUT2D eigenvalue weighted by Crippen LogP contribution is 2.53. The summed E-state index contributed by atoms with van der Waals surface area (Å²) < 4.78 is 0. The predicted molar refractivity (Wildman–Crippen MR) is 55.6 cm³/mol. The van der Waals surface area contributed by atoms with E-state index in [0.29, 0.717) is 0 Å². The number of hydrogen-bond donors (Lipinski definition) is 1. The van der Waals surface area contributed by atoms with Crippen LogP contribution in [0.5, 0.6) is 0 Å². The van der Waals surface area contributed by atoms with Crippen molar-refractivity contribution in [1.82, 2.24) is 0 Å². The molecule has 0 aromatic heterocycles. The molecule has 1 saturated carbocycles. The zero-order chi connectivity index (χ0) is 9.76. The third-order valence-electron chi connectivity index (χ3n) is 3.39. The second-order valence-electron chi connectivity index (χ2n) is 3.98. The van der Waals surface area contributed by atoms with Gasteiger partial charge in [-0.2, -0.15) is 0 Å². The molecule has 0 bridgehead atoms. The Kier molecular flexibility index (Phi) is 1.49. The number of fused-ring (bicyclic) bond motifs is 2. The summed E-state index contributed by atoms with van der Waals surface area (Å²) in [6, 6.07) is 7.83. The first-order chi connectivity index (χ1) is 6.75. The summed E-state index contributed by atoms with van der Waals surface area (Å²) in [5, 5.41) is 2.86.